The molecule has 19 heavy (non-hydrogen) atoms. The van der Waals surface area contributed by atoms with Gasteiger partial charge in [-0.25, -0.2) is 9.78 Å². The zero-order valence-corrected chi connectivity index (χ0v) is 11.3. The van der Waals surface area contributed by atoms with Gasteiger partial charge in [0.05, 0.1) is 0 Å². The Bertz CT molecular complexity index is 466. The maximum atomic E-state index is 11.3. The second kappa shape index (κ2) is 5.54. The van der Waals surface area contributed by atoms with Crippen LogP contribution in [0.5, 0.6) is 0 Å². The molecule has 1 N–H and O–H groups in total. The summed E-state index contributed by atoms with van der Waals surface area (Å²) in [7, 11) is 3.25. The van der Waals surface area contributed by atoms with E-state index >= 15 is 0 Å². The molecule has 6 nitrogen and oxygen atoms in total. The molecule has 2 heterocycles. The molecule has 0 radical (unpaired) electrons. The summed E-state index contributed by atoms with van der Waals surface area (Å²) in [5, 5.41) is 9.23. The number of aromatic nitrogens is 1. The standard InChI is InChI=1S/C13H18N2O4/c1-8-4-5-9(13(16)17)12(14-8)15-6-10(18-2)11(7-15)19-3/h4-5,10-11H,6-7H2,1-3H3,(H,16,17). The Morgan fingerprint density at radius 1 is 1.32 bits per heavy atom. The number of carboxylic acids is 1. The largest absolute Gasteiger partial charge is 0.478 e. The van der Waals surface area contributed by atoms with Crippen molar-refractivity contribution in [3.8, 4) is 0 Å². The van der Waals surface area contributed by atoms with Crippen LogP contribution in [0.1, 0.15) is 16.1 Å². The molecule has 2 rings (SSSR count). The summed E-state index contributed by atoms with van der Waals surface area (Å²) in [6.07, 6.45) is -0.150. The first kappa shape index (κ1) is 13.8. The van der Waals surface area contributed by atoms with Gasteiger partial charge in [-0.1, -0.05) is 0 Å². The topological polar surface area (TPSA) is 71.9 Å². The van der Waals surface area contributed by atoms with Gasteiger partial charge in [0.25, 0.3) is 0 Å². The van der Waals surface area contributed by atoms with Crippen molar-refractivity contribution >= 4 is 11.8 Å². The van der Waals surface area contributed by atoms with Crippen LogP contribution in [0.4, 0.5) is 5.82 Å². The van der Waals surface area contributed by atoms with Gasteiger partial charge in [-0.3, -0.25) is 0 Å². The van der Waals surface area contributed by atoms with Crippen molar-refractivity contribution < 1.29 is 19.4 Å². The molecule has 0 bridgehead atoms. The number of pyridine rings is 1. The van der Waals surface area contributed by atoms with Crippen molar-refractivity contribution in [3.05, 3.63) is 23.4 Å². The van der Waals surface area contributed by atoms with Crippen LogP contribution in [0.15, 0.2) is 12.1 Å². The van der Waals surface area contributed by atoms with Crippen molar-refractivity contribution in [2.75, 3.05) is 32.2 Å². The van der Waals surface area contributed by atoms with Crippen LogP contribution in [-0.4, -0.2) is 55.6 Å². The minimum absolute atomic E-state index is 0.0750. The summed E-state index contributed by atoms with van der Waals surface area (Å²) in [6.45, 7) is 2.99. The van der Waals surface area contributed by atoms with Crippen LogP contribution in [0.3, 0.4) is 0 Å². The highest BCUT2D eigenvalue weighted by Gasteiger charge is 2.35. The molecule has 0 amide bonds. The van der Waals surface area contributed by atoms with Gasteiger partial charge in [0, 0.05) is 33.0 Å². The summed E-state index contributed by atoms with van der Waals surface area (Å²) >= 11 is 0. The van der Waals surface area contributed by atoms with Crippen molar-refractivity contribution in [1.29, 1.82) is 0 Å². The Labute approximate surface area is 112 Å². The first-order valence-electron chi connectivity index (χ1n) is 6.08. The minimum Gasteiger partial charge on any atom is -0.478 e. The minimum atomic E-state index is -0.975. The van der Waals surface area contributed by atoms with Crippen LogP contribution < -0.4 is 4.90 Å². The van der Waals surface area contributed by atoms with Gasteiger partial charge < -0.3 is 19.5 Å². The fourth-order valence-corrected chi connectivity index (χ4v) is 2.32. The number of carboxylic acid groups (broad SMARTS) is 1. The lowest BCUT2D eigenvalue weighted by Crippen LogP contribution is -2.27. The number of hydrogen-bond donors (Lipinski definition) is 1. The number of aromatic carboxylic acids is 1. The summed E-state index contributed by atoms with van der Waals surface area (Å²) in [6, 6.07) is 3.28. The Hall–Kier alpha value is -1.66. The van der Waals surface area contributed by atoms with Crippen molar-refractivity contribution in [2.24, 2.45) is 0 Å². The van der Waals surface area contributed by atoms with Crippen LogP contribution in [0, 0.1) is 6.92 Å². The van der Waals surface area contributed by atoms with E-state index in [4.69, 9.17) is 9.47 Å². The fraction of sp³-hybridized carbons (Fsp3) is 0.538. The fourth-order valence-electron chi connectivity index (χ4n) is 2.32. The number of nitrogens with zero attached hydrogens (tertiary/aromatic N) is 2. The molecule has 104 valence electrons. The normalized spacial score (nSPS) is 22.8. The van der Waals surface area contributed by atoms with Crippen LogP contribution >= 0.6 is 0 Å². The van der Waals surface area contributed by atoms with Gasteiger partial charge in [0.15, 0.2) is 0 Å². The van der Waals surface area contributed by atoms with E-state index in [1.54, 1.807) is 26.4 Å². The first-order valence-corrected chi connectivity index (χ1v) is 6.08. The molecule has 1 aliphatic heterocycles. The summed E-state index contributed by atoms with van der Waals surface area (Å²) in [5.41, 5.74) is 0.993. The van der Waals surface area contributed by atoms with E-state index in [0.717, 1.165) is 5.69 Å². The highest BCUT2D eigenvalue weighted by atomic mass is 16.5. The number of aryl methyl sites for hydroxylation is 1. The molecular weight excluding hydrogens is 248 g/mol. The quantitative estimate of drug-likeness (QED) is 0.874. The molecule has 0 saturated carbocycles. The molecule has 0 aliphatic carbocycles. The number of hydrogen-bond acceptors (Lipinski definition) is 5. The lowest BCUT2D eigenvalue weighted by atomic mass is 10.2. The number of rotatable bonds is 4. The third-order valence-corrected chi connectivity index (χ3v) is 3.37. The number of methoxy groups -OCH3 is 2. The van der Waals surface area contributed by atoms with E-state index in [0.29, 0.717) is 18.9 Å². The molecule has 1 aliphatic rings. The van der Waals surface area contributed by atoms with E-state index < -0.39 is 5.97 Å². The lowest BCUT2D eigenvalue weighted by Gasteiger charge is -2.19. The van der Waals surface area contributed by atoms with Gasteiger partial charge in [0.2, 0.25) is 0 Å². The number of carbonyl (C=O) groups is 1. The molecule has 1 fully saturated rings. The maximum absolute atomic E-state index is 11.3. The summed E-state index contributed by atoms with van der Waals surface area (Å²) < 4.78 is 10.7. The number of anilines is 1. The average Bonchev–Trinajstić information content (AvgIpc) is 2.81. The van der Waals surface area contributed by atoms with Gasteiger partial charge in [0.1, 0.15) is 23.6 Å². The van der Waals surface area contributed by atoms with Crippen molar-refractivity contribution in [2.45, 2.75) is 19.1 Å². The third kappa shape index (κ3) is 2.69. The Kier molecular flexibility index (Phi) is 4.01. The zero-order valence-electron chi connectivity index (χ0n) is 11.3. The van der Waals surface area contributed by atoms with E-state index in [2.05, 4.69) is 4.98 Å². The van der Waals surface area contributed by atoms with Crippen LogP contribution in [0.25, 0.3) is 0 Å². The predicted molar refractivity (Wildman–Crippen MR) is 69.7 cm³/mol. The van der Waals surface area contributed by atoms with E-state index in [-0.39, 0.29) is 17.8 Å². The molecule has 6 heteroatoms. The maximum Gasteiger partial charge on any atom is 0.339 e. The van der Waals surface area contributed by atoms with Gasteiger partial charge in [-0.15, -0.1) is 0 Å². The average molecular weight is 266 g/mol. The molecule has 0 aromatic carbocycles. The molecule has 1 aromatic heterocycles. The molecule has 1 aromatic rings. The van der Waals surface area contributed by atoms with E-state index in [1.165, 1.54) is 0 Å². The van der Waals surface area contributed by atoms with Crippen molar-refractivity contribution in [3.63, 3.8) is 0 Å². The van der Waals surface area contributed by atoms with Gasteiger partial charge >= 0.3 is 5.97 Å². The van der Waals surface area contributed by atoms with Crippen LogP contribution in [0.2, 0.25) is 0 Å². The lowest BCUT2D eigenvalue weighted by molar-refractivity contribution is -0.00461. The summed E-state index contributed by atoms with van der Waals surface area (Å²) in [4.78, 5) is 17.5. The highest BCUT2D eigenvalue weighted by Crippen LogP contribution is 2.25. The molecule has 2 unspecified atom stereocenters. The highest BCUT2D eigenvalue weighted by molar-refractivity contribution is 5.93. The van der Waals surface area contributed by atoms with Crippen LogP contribution in [-0.2, 0) is 9.47 Å². The molecule has 0 spiro atoms. The molecule has 2 atom stereocenters. The van der Waals surface area contributed by atoms with Gasteiger partial charge in [-0.2, -0.15) is 0 Å². The van der Waals surface area contributed by atoms with E-state index in [1.807, 2.05) is 11.8 Å². The van der Waals surface area contributed by atoms with E-state index in [9.17, 15) is 9.90 Å². The van der Waals surface area contributed by atoms with Crippen molar-refractivity contribution in [1.82, 2.24) is 4.98 Å². The Balaban J connectivity index is 2.32. The zero-order chi connectivity index (χ0) is 14.0. The Morgan fingerprint density at radius 2 is 1.89 bits per heavy atom. The second-order valence-corrected chi connectivity index (χ2v) is 4.58. The SMILES string of the molecule is COC1CN(c2nc(C)ccc2C(=O)O)CC1OC. The third-order valence-electron chi connectivity index (χ3n) is 3.37. The summed E-state index contributed by atoms with van der Waals surface area (Å²) in [5.74, 6) is -0.494. The number of ether oxygens (including phenoxy) is 2. The monoisotopic (exact) mass is 266 g/mol. The molecular formula is C13H18N2O4. The predicted octanol–water partition coefficient (Wildman–Crippen LogP) is 0.938. The molecule has 1 saturated heterocycles. The first-order chi connectivity index (χ1) is 9.06. The smallest absolute Gasteiger partial charge is 0.339 e. The van der Waals surface area contributed by atoms with Gasteiger partial charge in [-0.05, 0) is 19.1 Å². The second-order valence-electron chi connectivity index (χ2n) is 4.58. The Morgan fingerprint density at radius 3 is 2.37 bits per heavy atom.